The molecule has 0 aromatic heterocycles. The number of carbonyl (C=O) groups is 3. The minimum atomic E-state index is -0.637. The van der Waals surface area contributed by atoms with E-state index in [4.69, 9.17) is 9.47 Å². The number of nitrogens with one attached hydrogen (secondary N) is 2. The van der Waals surface area contributed by atoms with Crippen LogP contribution in [0.25, 0.3) is 0 Å². The van der Waals surface area contributed by atoms with Crippen LogP contribution in [0.2, 0.25) is 0 Å². The molecule has 0 radical (unpaired) electrons. The minimum absolute atomic E-state index is 0.0116. The number of carbonyl (C=O) groups excluding carboxylic acids is 3. The van der Waals surface area contributed by atoms with Crippen LogP contribution >= 0.6 is 15.9 Å². The Balaban J connectivity index is 1.41. The maximum absolute atomic E-state index is 12.0. The zero-order valence-corrected chi connectivity index (χ0v) is 17.5. The van der Waals surface area contributed by atoms with E-state index in [0.717, 1.165) is 21.3 Å². The number of aryl methyl sites for hydroxylation is 1. The van der Waals surface area contributed by atoms with Gasteiger partial charge in [-0.1, -0.05) is 28.1 Å². The van der Waals surface area contributed by atoms with Crippen molar-refractivity contribution in [1.82, 2.24) is 5.32 Å². The van der Waals surface area contributed by atoms with Crippen LogP contribution in [0.4, 0.5) is 5.69 Å². The molecule has 2 aromatic rings. The van der Waals surface area contributed by atoms with Gasteiger partial charge in [-0.05, 0) is 54.8 Å². The summed E-state index contributed by atoms with van der Waals surface area (Å²) in [6.45, 7) is 1.17. The highest BCUT2D eigenvalue weighted by Gasteiger charge is 2.16. The molecule has 152 valence electrons. The molecular formula is C21H21BrN2O5. The van der Waals surface area contributed by atoms with Crippen molar-refractivity contribution in [3.8, 4) is 5.75 Å². The summed E-state index contributed by atoms with van der Waals surface area (Å²) in [5.41, 5.74) is 2.66. The quantitative estimate of drug-likeness (QED) is 0.619. The normalized spacial score (nSPS) is 13.7. The van der Waals surface area contributed by atoms with Crippen LogP contribution in [0.3, 0.4) is 0 Å². The van der Waals surface area contributed by atoms with Crippen LogP contribution in [0.15, 0.2) is 46.9 Å². The predicted octanol–water partition coefficient (Wildman–Crippen LogP) is 3.13. The molecule has 0 aliphatic carbocycles. The van der Waals surface area contributed by atoms with Gasteiger partial charge in [0.2, 0.25) is 5.91 Å². The standard InChI is InChI=1S/C21H21BrN2O5/c1-13(14-2-5-16(22)6-3-14)23-20(26)11-29-21(27)12-28-17-7-8-18-15(10-17)4-9-19(25)24-18/h2-3,5-8,10,13H,4,9,11-12H2,1H3,(H,23,26)(H,24,25)/t13-/m1/s1. The summed E-state index contributed by atoms with van der Waals surface area (Å²) in [6, 6.07) is 12.6. The SMILES string of the molecule is C[C@@H](NC(=O)COC(=O)COc1ccc2c(c1)CCC(=O)N2)c1ccc(Br)cc1. The Labute approximate surface area is 176 Å². The zero-order chi connectivity index (χ0) is 20.8. The summed E-state index contributed by atoms with van der Waals surface area (Å²) in [4.78, 5) is 35.2. The van der Waals surface area contributed by atoms with Gasteiger partial charge in [0.1, 0.15) is 5.75 Å². The topological polar surface area (TPSA) is 93.7 Å². The summed E-state index contributed by atoms with van der Waals surface area (Å²) in [5, 5.41) is 5.56. The van der Waals surface area contributed by atoms with Gasteiger partial charge in [0.05, 0.1) is 6.04 Å². The largest absolute Gasteiger partial charge is 0.482 e. The summed E-state index contributed by atoms with van der Waals surface area (Å²) >= 11 is 3.36. The Morgan fingerprint density at radius 3 is 2.66 bits per heavy atom. The van der Waals surface area contributed by atoms with Gasteiger partial charge in [0.25, 0.3) is 5.91 Å². The van der Waals surface area contributed by atoms with Crippen molar-refractivity contribution in [2.45, 2.75) is 25.8 Å². The number of anilines is 1. The van der Waals surface area contributed by atoms with E-state index in [1.807, 2.05) is 31.2 Å². The average molecular weight is 461 g/mol. The second-order valence-corrected chi connectivity index (χ2v) is 7.57. The molecular weight excluding hydrogens is 440 g/mol. The lowest BCUT2D eigenvalue weighted by Gasteiger charge is -2.17. The van der Waals surface area contributed by atoms with Crippen molar-refractivity contribution < 1.29 is 23.9 Å². The van der Waals surface area contributed by atoms with Crippen molar-refractivity contribution in [1.29, 1.82) is 0 Å². The molecule has 0 fully saturated rings. The van der Waals surface area contributed by atoms with E-state index in [1.54, 1.807) is 18.2 Å². The van der Waals surface area contributed by atoms with Gasteiger partial charge in [0.15, 0.2) is 13.2 Å². The third-order valence-corrected chi connectivity index (χ3v) is 4.97. The van der Waals surface area contributed by atoms with E-state index in [9.17, 15) is 14.4 Å². The molecule has 0 spiro atoms. The first kappa shape index (κ1) is 20.9. The molecule has 2 aromatic carbocycles. The molecule has 0 bridgehead atoms. The number of ether oxygens (including phenoxy) is 2. The monoisotopic (exact) mass is 460 g/mol. The summed E-state index contributed by atoms with van der Waals surface area (Å²) < 4.78 is 11.4. The van der Waals surface area contributed by atoms with Crippen molar-refractivity contribution in [3.63, 3.8) is 0 Å². The van der Waals surface area contributed by atoms with Gasteiger partial charge >= 0.3 is 5.97 Å². The third-order valence-electron chi connectivity index (χ3n) is 4.44. The lowest BCUT2D eigenvalue weighted by atomic mass is 10.0. The van der Waals surface area contributed by atoms with Crippen molar-refractivity contribution in [3.05, 3.63) is 58.1 Å². The van der Waals surface area contributed by atoms with E-state index in [-0.39, 0.29) is 25.2 Å². The first-order valence-electron chi connectivity index (χ1n) is 9.17. The maximum atomic E-state index is 12.0. The maximum Gasteiger partial charge on any atom is 0.344 e. The highest BCUT2D eigenvalue weighted by atomic mass is 79.9. The first-order valence-corrected chi connectivity index (χ1v) is 9.96. The van der Waals surface area contributed by atoms with Crippen LogP contribution in [0.1, 0.15) is 30.5 Å². The molecule has 0 saturated carbocycles. The molecule has 0 saturated heterocycles. The number of amides is 2. The summed E-state index contributed by atoms with van der Waals surface area (Å²) in [6.07, 6.45) is 1.05. The van der Waals surface area contributed by atoms with Crippen LogP contribution in [-0.2, 0) is 25.5 Å². The van der Waals surface area contributed by atoms with Crippen molar-refractivity contribution >= 4 is 39.4 Å². The fourth-order valence-electron chi connectivity index (χ4n) is 2.90. The van der Waals surface area contributed by atoms with Gasteiger partial charge in [-0.25, -0.2) is 4.79 Å². The number of benzene rings is 2. The molecule has 1 aliphatic heterocycles. The Bertz CT molecular complexity index is 914. The van der Waals surface area contributed by atoms with Crippen LogP contribution in [0, 0.1) is 0 Å². The van der Waals surface area contributed by atoms with Gasteiger partial charge in [-0.15, -0.1) is 0 Å². The zero-order valence-electron chi connectivity index (χ0n) is 15.9. The second kappa shape index (κ2) is 9.56. The first-order chi connectivity index (χ1) is 13.9. The fraction of sp³-hybridized carbons (Fsp3) is 0.286. The van der Waals surface area contributed by atoms with E-state index in [0.29, 0.717) is 18.6 Å². The van der Waals surface area contributed by atoms with Crippen LogP contribution in [0.5, 0.6) is 5.75 Å². The average Bonchev–Trinajstić information content (AvgIpc) is 2.71. The highest BCUT2D eigenvalue weighted by Crippen LogP contribution is 2.26. The summed E-state index contributed by atoms with van der Waals surface area (Å²) in [5.74, 6) is -0.534. The highest BCUT2D eigenvalue weighted by molar-refractivity contribution is 9.10. The smallest absolute Gasteiger partial charge is 0.344 e. The van der Waals surface area contributed by atoms with Gasteiger partial charge in [-0.2, -0.15) is 0 Å². The number of halogens is 1. The number of hydrogen-bond donors (Lipinski definition) is 2. The molecule has 3 rings (SSSR count). The number of hydrogen-bond acceptors (Lipinski definition) is 5. The van der Waals surface area contributed by atoms with Gasteiger partial charge in [-0.3, -0.25) is 9.59 Å². The molecule has 2 N–H and O–H groups in total. The minimum Gasteiger partial charge on any atom is -0.482 e. The Kier molecular flexibility index (Phi) is 6.87. The fourth-order valence-corrected chi connectivity index (χ4v) is 3.16. The molecule has 0 unspecified atom stereocenters. The molecule has 1 heterocycles. The Morgan fingerprint density at radius 1 is 1.14 bits per heavy atom. The number of rotatable bonds is 7. The van der Waals surface area contributed by atoms with Crippen molar-refractivity contribution in [2.24, 2.45) is 0 Å². The van der Waals surface area contributed by atoms with E-state index in [2.05, 4.69) is 26.6 Å². The molecule has 29 heavy (non-hydrogen) atoms. The van der Waals surface area contributed by atoms with E-state index < -0.39 is 11.9 Å². The molecule has 1 atom stereocenters. The second-order valence-electron chi connectivity index (χ2n) is 6.66. The summed E-state index contributed by atoms with van der Waals surface area (Å²) in [7, 11) is 0. The third kappa shape index (κ3) is 6.05. The lowest BCUT2D eigenvalue weighted by Crippen LogP contribution is -2.31. The van der Waals surface area contributed by atoms with E-state index >= 15 is 0 Å². The Hall–Kier alpha value is -2.87. The van der Waals surface area contributed by atoms with Crippen LogP contribution < -0.4 is 15.4 Å². The predicted molar refractivity (Wildman–Crippen MR) is 111 cm³/mol. The Morgan fingerprint density at radius 2 is 1.90 bits per heavy atom. The number of fused-ring (bicyclic) bond motifs is 1. The molecule has 7 nitrogen and oxygen atoms in total. The van der Waals surface area contributed by atoms with Gasteiger partial charge < -0.3 is 20.1 Å². The van der Waals surface area contributed by atoms with Gasteiger partial charge in [0, 0.05) is 16.6 Å². The van der Waals surface area contributed by atoms with Crippen molar-refractivity contribution in [2.75, 3.05) is 18.5 Å². The molecule has 1 aliphatic rings. The number of esters is 1. The molecule has 8 heteroatoms. The van der Waals surface area contributed by atoms with Crippen LogP contribution in [-0.4, -0.2) is 31.0 Å². The lowest BCUT2D eigenvalue weighted by molar-refractivity contribution is -0.150. The van der Waals surface area contributed by atoms with E-state index in [1.165, 1.54) is 0 Å². The molecule has 2 amide bonds.